The Labute approximate surface area is 178 Å². The van der Waals surface area contributed by atoms with Gasteiger partial charge in [-0.2, -0.15) is 0 Å². The van der Waals surface area contributed by atoms with Crippen LogP contribution in [0.5, 0.6) is 0 Å². The lowest BCUT2D eigenvalue weighted by atomic mass is 10.1. The van der Waals surface area contributed by atoms with Gasteiger partial charge in [0.05, 0.1) is 21.5 Å². The average Bonchev–Trinajstić information content (AvgIpc) is 3.21. The van der Waals surface area contributed by atoms with E-state index in [0.717, 1.165) is 16.6 Å². The van der Waals surface area contributed by atoms with Crippen LogP contribution >= 0.6 is 0 Å². The second kappa shape index (κ2) is 8.62. The molecule has 1 aromatic heterocycles. The minimum Gasteiger partial charge on any atom is -0.348 e. The summed E-state index contributed by atoms with van der Waals surface area (Å²) in [6, 6.07) is 21.9. The number of benzene rings is 3. The Balaban J connectivity index is 1.73. The number of rotatable bonds is 6. The summed E-state index contributed by atoms with van der Waals surface area (Å²) in [5.74, 6) is 0.0705. The maximum absolute atomic E-state index is 13.1. The van der Waals surface area contributed by atoms with E-state index in [9.17, 15) is 14.9 Å². The fourth-order valence-corrected chi connectivity index (χ4v) is 3.27. The summed E-state index contributed by atoms with van der Waals surface area (Å²) >= 11 is 0. The van der Waals surface area contributed by atoms with Crippen molar-refractivity contribution in [2.24, 2.45) is 0 Å². The highest BCUT2D eigenvalue weighted by molar-refractivity contribution is 6.23. The van der Waals surface area contributed by atoms with Crippen LogP contribution in [0.4, 0.5) is 5.69 Å². The number of amides is 1. The molecular formula is C24H20N4O3. The zero-order chi connectivity index (χ0) is 21.8. The van der Waals surface area contributed by atoms with Crippen molar-refractivity contribution in [2.75, 3.05) is 0 Å². The second-order valence-electron chi connectivity index (χ2n) is 7.13. The molecule has 0 aliphatic heterocycles. The molecule has 0 fully saturated rings. The number of aromatic nitrogens is 2. The van der Waals surface area contributed by atoms with Gasteiger partial charge >= 0.3 is 0 Å². The van der Waals surface area contributed by atoms with Gasteiger partial charge in [-0.15, -0.1) is 0 Å². The standard InChI is InChI=1S/C24H20N4O3/c1-16-11-12-18(14-22(16)28(30)31)13-19(23-26-20-9-5-6-10-21(20)27-23)24(29)25-15-17-7-3-2-4-8-17/h2-14H,15H2,1H3,(H,25,29)(H,26,27)/b19-13+. The number of aromatic amines is 1. The molecule has 0 atom stereocenters. The molecule has 0 aliphatic carbocycles. The van der Waals surface area contributed by atoms with E-state index in [1.807, 2.05) is 54.6 Å². The number of nitro benzene ring substituents is 1. The van der Waals surface area contributed by atoms with E-state index in [0.29, 0.717) is 29.1 Å². The lowest BCUT2D eigenvalue weighted by Crippen LogP contribution is -2.24. The summed E-state index contributed by atoms with van der Waals surface area (Å²) in [5, 5.41) is 14.2. The Morgan fingerprint density at radius 1 is 1.10 bits per heavy atom. The molecule has 0 aliphatic rings. The largest absolute Gasteiger partial charge is 0.348 e. The average molecular weight is 412 g/mol. The molecule has 4 rings (SSSR count). The number of aryl methyl sites for hydroxylation is 1. The minimum atomic E-state index is -0.428. The monoisotopic (exact) mass is 412 g/mol. The Morgan fingerprint density at radius 3 is 2.58 bits per heavy atom. The Bertz CT molecular complexity index is 1260. The predicted molar refractivity (Wildman–Crippen MR) is 120 cm³/mol. The number of H-pyrrole nitrogens is 1. The van der Waals surface area contributed by atoms with Gasteiger partial charge in [0.2, 0.25) is 0 Å². The van der Waals surface area contributed by atoms with Gasteiger partial charge < -0.3 is 10.3 Å². The maximum Gasteiger partial charge on any atom is 0.272 e. The van der Waals surface area contributed by atoms with Crippen LogP contribution in [-0.2, 0) is 11.3 Å². The van der Waals surface area contributed by atoms with Gasteiger partial charge in [-0.05, 0) is 36.3 Å². The molecule has 2 N–H and O–H groups in total. The number of hydrogen-bond donors (Lipinski definition) is 2. The zero-order valence-electron chi connectivity index (χ0n) is 16.8. The molecule has 154 valence electrons. The molecule has 7 heteroatoms. The molecule has 7 nitrogen and oxygen atoms in total. The third-order valence-corrected chi connectivity index (χ3v) is 4.93. The lowest BCUT2D eigenvalue weighted by molar-refractivity contribution is -0.385. The molecule has 4 aromatic rings. The van der Waals surface area contributed by atoms with Crippen molar-refractivity contribution >= 4 is 34.3 Å². The van der Waals surface area contributed by atoms with Crippen LogP contribution in [0.25, 0.3) is 22.7 Å². The van der Waals surface area contributed by atoms with Crippen molar-refractivity contribution in [3.63, 3.8) is 0 Å². The predicted octanol–water partition coefficient (Wildman–Crippen LogP) is 4.64. The van der Waals surface area contributed by atoms with E-state index < -0.39 is 4.92 Å². The number of carbonyl (C=O) groups is 1. The highest BCUT2D eigenvalue weighted by Crippen LogP contribution is 2.24. The van der Waals surface area contributed by atoms with Crippen LogP contribution < -0.4 is 5.32 Å². The number of imidazole rings is 1. The fourth-order valence-electron chi connectivity index (χ4n) is 3.27. The van der Waals surface area contributed by atoms with Crippen LogP contribution in [0, 0.1) is 17.0 Å². The van der Waals surface area contributed by atoms with E-state index in [-0.39, 0.29) is 11.6 Å². The van der Waals surface area contributed by atoms with E-state index >= 15 is 0 Å². The number of fused-ring (bicyclic) bond motifs is 1. The Morgan fingerprint density at radius 2 is 1.84 bits per heavy atom. The minimum absolute atomic E-state index is 0.00222. The SMILES string of the molecule is Cc1ccc(/C=C(/C(=O)NCc2ccccc2)c2nc3ccccc3[nH]2)cc1[N+](=O)[O-]. The van der Waals surface area contributed by atoms with Gasteiger partial charge in [-0.3, -0.25) is 14.9 Å². The van der Waals surface area contributed by atoms with Crippen LogP contribution in [-0.4, -0.2) is 20.8 Å². The van der Waals surface area contributed by atoms with Gasteiger partial charge in [0, 0.05) is 18.2 Å². The molecule has 0 bridgehead atoms. The molecule has 1 heterocycles. The van der Waals surface area contributed by atoms with E-state index in [2.05, 4.69) is 15.3 Å². The van der Waals surface area contributed by atoms with Gasteiger partial charge in [0.25, 0.3) is 11.6 Å². The molecule has 1 amide bonds. The van der Waals surface area contributed by atoms with Crippen LogP contribution in [0.1, 0.15) is 22.5 Å². The topological polar surface area (TPSA) is 101 Å². The summed E-state index contributed by atoms with van der Waals surface area (Å²) in [4.78, 5) is 31.7. The summed E-state index contributed by atoms with van der Waals surface area (Å²) in [7, 11) is 0. The number of nitrogens with one attached hydrogen (secondary N) is 2. The third-order valence-electron chi connectivity index (χ3n) is 4.93. The zero-order valence-corrected chi connectivity index (χ0v) is 16.8. The number of nitro groups is 1. The third kappa shape index (κ3) is 4.51. The highest BCUT2D eigenvalue weighted by atomic mass is 16.6. The molecule has 0 unspecified atom stereocenters. The number of hydrogen-bond acceptors (Lipinski definition) is 4. The molecule has 0 saturated carbocycles. The lowest BCUT2D eigenvalue weighted by Gasteiger charge is -2.08. The van der Waals surface area contributed by atoms with E-state index in [1.54, 1.807) is 25.1 Å². The Kier molecular flexibility index (Phi) is 5.57. The van der Waals surface area contributed by atoms with Crippen molar-refractivity contribution in [3.05, 3.63) is 105 Å². The van der Waals surface area contributed by atoms with Crippen LogP contribution in [0.15, 0.2) is 72.8 Å². The molecule has 31 heavy (non-hydrogen) atoms. The van der Waals surface area contributed by atoms with Crippen molar-refractivity contribution in [3.8, 4) is 0 Å². The van der Waals surface area contributed by atoms with Crippen LogP contribution in [0.3, 0.4) is 0 Å². The van der Waals surface area contributed by atoms with Gasteiger partial charge in [-0.1, -0.05) is 54.6 Å². The number of nitrogens with zero attached hydrogens (tertiary/aromatic N) is 2. The van der Waals surface area contributed by atoms with Crippen LogP contribution in [0.2, 0.25) is 0 Å². The first-order valence-electron chi connectivity index (χ1n) is 9.75. The van der Waals surface area contributed by atoms with E-state index in [1.165, 1.54) is 6.07 Å². The fraction of sp³-hybridized carbons (Fsp3) is 0.0833. The number of para-hydroxylation sites is 2. The first kappa shape index (κ1) is 20.0. The molecule has 3 aromatic carbocycles. The van der Waals surface area contributed by atoms with Gasteiger partial charge in [-0.25, -0.2) is 4.98 Å². The molecule has 0 spiro atoms. The number of carbonyl (C=O) groups excluding carboxylic acids is 1. The van der Waals surface area contributed by atoms with Crippen molar-refractivity contribution in [1.29, 1.82) is 0 Å². The molecule has 0 saturated heterocycles. The second-order valence-corrected chi connectivity index (χ2v) is 7.13. The molecular weight excluding hydrogens is 392 g/mol. The maximum atomic E-state index is 13.1. The van der Waals surface area contributed by atoms with Crippen molar-refractivity contribution < 1.29 is 9.72 Å². The first-order chi connectivity index (χ1) is 15.0. The summed E-state index contributed by atoms with van der Waals surface area (Å²) in [6.45, 7) is 2.03. The van der Waals surface area contributed by atoms with E-state index in [4.69, 9.17) is 0 Å². The van der Waals surface area contributed by atoms with Crippen molar-refractivity contribution in [1.82, 2.24) is 15.3 Å². The quantitative estimate of drug-likeness (QED) is 0.274. The van der Waals surface area contributed by atoms with Gasteiger partial charge in [0.15, 0.2) is 0 Å². The van der Waals surface area contributed by atoms with Crippen molar-refractivity contribution in [2.45, 2.75) is 13.5 Å². The summed E-state index contributed by atoms with van der Waals surface area (Å²) in [6.07, 6.45) is 1.62. The first-order valence-corrected chi connectivity index (χ1v) is 9.75. The summed E-state index contributed by atoms with van der Waals surface area (Å²) < 4.78 is 0. The van der Waals surface area contributed by atoms with Gasteiger partial charge in [0.1, 0.15) is 5.82 Å². The molecule has 0 radical (unpaired) electrons. The normalized spacial score (nSPS) is 11.5. The smallest absolute Gasteiger partial charge is 0.272 e. The summed E-state index contributed by atoms with van der Waals surface area (Å²) in [5.41, 5.74) is 3.89. The highest BCUT2D eigenvalue weighted by Gasteiger charge is 2.18. The Hall–Kier alpha value is -4.26.